The van der Waals surface area contributed by atoms with Crippen molar-refractivity contribution in [3.63, 3.8) is 0 Å². The number of nitrogens with zero attached hydrogens (tertiary/aromatic N) is 1. The van der Waals surface area contributed by atoms with E-state index >= 15 is 0 Å². The Bertz CT molecular complexity index is 1030. The number of methoxy groups -OCH3 is 4. The number of hydrogen-bond donors (Lipinski definition) is 0. The number of esters is 1. The van der Waals surface area contributed by atoms with Gasteiger partial charge in [0.05, 0.1) is 40.2 Å². The Morgan fingerprint density at radius 1 is 0.935 bits per heavy atom. The van der Waals surface area contributed by atoms with Gasteiger partial charge >= 0.3 is 5.97 Å². The Kier molecular flexibility index (Phi) is 6.20. The van der Waals surface area contributed by atoms with Crippen LogP contribution in [0.25, 0.3) is 0 Å². The Labute approximate surface area is 180 Å². The maximum absolute atomic E-state index is 12.7. The highest BCUT2D eigenvalue weighted by Gasteiger charge is 2.43. The molecule has 0 unspecified atom stereocenters. The zero-order valence-corrected chi connectivity index (χ0v) is 17.8. The lowest BCUT2D eigenvalue weighted by molar-refractivity contribution is -0.129. The Balaban J connectivity index is 2.06. The van der Waals surface area contributed by atoms with E-state index in [-0.39, 0.29) is 11.7 Å². The van der Waals surface area contributed by atoms with Crippen molar-refractivity contribution in [2.45, 2.75) is 6.04 Å². The molecular formula is C23H23NO7. The van der Waals surface area contributed by atoms with Gasteiger partial charge in [-0.05, 0) is 17.7 Å². The highest BCUT2D eigenvalue weighted by molar-refractivity contribution is 6.15. The van der Waals surface area contributed by atoms with Crippen molar-refractivity contribution in [3.05, 3.63) is 60.7 Å². The second-order valence-electron chi connectivity index (χ2n) is 6.52. The van der Waals surface area contributed by atoms with Crippen LogP contribution in [-0.4, -0.2) is 40.3 Å². The average molecular weight is 425 g/mol. The van der Waals surface area contributed by atoms with Gasteiger partial charge < -0.3 is 23.7 Å². The van der Waals surface area contributed by atoms with Crippen molar-refractivity contribution in [3.8, 4) is 28.7 Å². The molecule has 1 saturated heterocycles. The van der Waals surface area contributed by atoms with Gasteiger partial charge in [0.15, 0.2) is 23.0 Å². The highest BCUT2D eigenvalue weighted by atomic mass is 16.6. The van der Waals surface area contributed by atoms with Crippen LogP contribution in [0.3, 0.4) is 0 Å². The number of anilines is 1. The summed E-state index contributed by atoms with van der Waals surface area (Å²) in [6.07, 6.45) is 1.06. The van der Waals surface area contributed by atoms with Crippen LogP contribution in [0.5, 0.6) is 28.7 Å². The lowest BCUT2D eigenvalue weighted by Gasteiger charge is -2.42. The zero-order valence-electron chi connectivity index (χ0n) is 17.8. The first-order valence-electron chi connectivity index (χ1n) is 9.24. The van der Waals surface area contributed by atoms with E-state index in [0.717, 1.165) is 6.08 Å². The first-order valence-corrected chi connectivity index (χ1v) is 9.24. The predicted molar refractivity (Wildman–Crippen MR) is 114 cm³/mol. The van der Waals surface area contributed by atoms with Gasteiger partial charge in [0, 0.05) is 23.8 Å². The number of hydrogen-bond acceptors (Lipinski definition) is 7. The number of amides is 1. The van der Waals surface area contributed by atoms with E-state index in [1.165, 1.54) is 28.4 Å². The van der Waals surface area contributed by atoms with Crippen LogP contribution in [0.4, 0.5) is 5.69 Å². The monoisotopic (exact) mass is 425 g/mol. The van der Waals surface area contributed by atoms with Crippen molar-refractivity contribution in [2.75, 3.05) is 33.3 Å². The molecule has 1 aliphatic heterocycles. The van der Waals surface area contributed by atoms with E-state index in [1.54, 1.807) is 35.2 Å². The van der Waals surface area contributed by atoms with Crippen LogP contribution in [0.2, 0.25) is 0 Å². The number of rotatable bonds is 8. The van der Waals surface area contributed by atoms with E-state index in [4.69, 9.17) is 23.7 Å². The largest absolute Gasteiger partial charge is 0.493 e. The fourth-order valence-corrected chi connectivity index (χ4v) is 3.39. The van der Waals surface area contributed by atoms with Crippen molar-refractivity contribution >= 4 is 17.6 Å². The van der Waals surface area contributed by atoms with Crippen LogP contribution in [0.1, 0.15) is 11.6 Å². The molecule has 0 saturated carbocycles. The number of ether oxygens (including phenoxy) is 5. The molecule has 1 heterocycles. The molecule has 0 aliphatic carbocycles. The normalized spacial score (nSPS) is 15.1. The van der Waals surface area contributed by atoms with E-state index in [9.17, 15) is 9.59 Å². The molecule has 0 bridgehead atoms. The highest BCUT2D eigenvalue weighted by Crippen LogP contribution is 2.48. The lowest BCUT2D eigenvalue weighted by Crippen LogP contribution is -2.48. The van der Waals surface area contributed by atoms with Crippen LogP contribution < -0.4 is 28.6 Å². The van der Waals surface area contributed by atoms with Gasteiger partial charge in [-0.25, -0.2) is 4.79 Å². The summed E-state index contributed by atoms with van der Waals surface area (Å²) in [5, 5.41) is 0. The topological polar surface area (TPSA) is 83.5 Å². The smallest absolute Gasteiger partial charge is 0.335 e. The second-order valence-corrected chi connectivity index (χ2v) is 6.52. The molecule has 0 aromatic heterocycles. The lowest BCUT2D eigenvalue weighted by atomic mass is 9.88. The summed E-state index contributed by atoms with van der Waals surface area (Å²) < 4.78 is 26.7. The van der Waals surface area contributed by atoms with Crippen molar-refractivity contribution < 1.29 is 33.3 Å². The Morgan fingerprint density at radius 3 is 2.06 bits per heavy atom. The number of carbonyl (C=O) groups excluding carboxylic acids is 2. The first-order chi connectivity index (χ1) is 14.9. The van der Waals surface area contributed by atoms with Crippen LogP contribution in [-0.2, 0) is 9.59 Å². The third kappa shape index (κ3) is 3.79. The van der Waals surface area contributed by atoms with Gasteiger partial charge in [0.1, 0.15) is 0 Å². The number of β-lactam (4-membered cyclic amide) rings is 1. The zero-order chi connectivity index (χ0) is 22.7. The fourth-order valence-electron chi connectivity index (χ4n) is 3.39. The fraction of sp³-hybridized carbons (Fsp3) is 0.217. The van der Waals surface area contributed by atoms with E-state index in [0.29, 0.717) is 39.8 Å². The molecule has 0 spiro atoms. The van der Waals surface area contributed by atoms with Gasteiger partial charge in [-0.2, -0.15) is 0 Å². The third-order valence-corrected chi connectivity index (χ3v) is 4.89. The quantitative estimate of drug-likeness (QED) is 0.277. The minimum atomic E-state index is -0.625. The summed E-state index contributed by atoms with van der Waals surface area (Å²) in [4.78, 5) is 26.0. The standard InChI is InChI=1S/C23H23NO7/c1-7-20(25)31-17-10-14(8-9-16(17)27-3)21-13(2)23(26)24(21)15-11-18(28-4)22(30-6)19(12-15)29-5/h7-12,21H,1-2H2,3-6H3/t21-/m1/s1. The summed E-state index contributed by atoms with van der Waals surface area (Å²) in [6.45, 7) is 7.31. The van der Waals surface area contributed by atoms with Crippen molar-refractivity contribution in [1.82, 2.24) is 0 Å². The van der Waals surface area contributed by atoms with Gasteiger partial charge in [-0.1, -0.05) is 19.2 Å². The molecule has 0 N–H and O–H groups in total. The van der Waals surface area contributed by atoms with E-state index < -0.39 is 12.0 Å². The molecular weight excluding hydrogens is 402 g/mol. The molecule has 2 aromatic rings. The predicted octanol–water partition coefficient (Wildman–Crippen LogP) is 3.46. The van der Waals surface area contributed by atoms with Gasteiger partial charge in [-0.15, -0.1) is 0 Å². The summed E-state index contributed by atoms with van der Waals surface area (Å²) in [6, 6.07) is 7.94. The maximum atomic E-state index is 12.7. The van der Waals surface area contributed by atoms with Crippen LogP contribution in [0, 0.1) is 0 Å². The molecule has 8 nitrogen and oxygen atoms in total. The number of benzene rings is 2. The second kappa shape index (κ2) is 8.83. The van der Waals surface area contributed by atoms with E-state index in [1.807, 2.05) is 0 Å². The molecule has 0 radical (unpaired) electrons. The molecule has 1 amide bonds. The molecule has 3 rings (SSSR count). The number of carbonyl (C=O) groups is 2. The minimum absolute atomic E-state index is 0.210. The molecule has 1 aliphatic rings. The van der Waals surface area contributed by atoms with Crippen molar-refractivity contribution in [2.24, 2.45) is 0 Å². The van der Waals surface area contributed by atoms with Crippen LogP contribution >= 0.6 is 0 Å². The summed E-state index contributed by atoms with van der Waals surface area (Å²) in [5.41, 5.74) is 1.61. The first kappa shape index (κ1) is 21.8. The molecule has 162 valence electrons. The maximum Gasteiger partial charge on any atom is 0.335 e. The van der Waals surface area contributed by atoms with Crippen LogP contribution in [0.15, 0.2) is 55.1 Å². The van der Waals surface area contributed by atoms with Gasteiger partial charge in [0.2, 0.25) is 5.75 Å². The van der Waals surface area contributed by atoms with Gasteiger partial charge in [0.25, 0.3) is 5.91 Å². The summed E-state index contributed by atoms with van der Waals surface area (Å²) in [5.74, 6) is 0.948. The molecule has 2 aromatic carbocycles. The molecule has 1 atom stereocenters. The third-order valence-electron chi connectivity index (χ3n) is 4.89. The average Bonchev–Trinajstić information content (AvgIpc) is 2.80. The molecule has 31 heavy (non-hydrogen) atoms. The van der Waals surface area contributed by atoms with E-state index in [2.05, 4.69) is 13.2 Å². The minimum Gasteiger partial charge on any atom is -0.493 e. The summed E-state index contributed by atoms with van der Waals surface area (Å²) >= 11 is 0. The van der Waals surface area contributed by atoms with Crippen molar-refractivity contribution in [1.29, 1.82) is 0 Å². The SMILES string of the molecule is C=CC(=O)Oc1cc([C@H]2C(=C)C(=O)N2c2cc(OC)c(OC)c(OC)c2)ccc1OC. The summed E-state index contributed by atoms with van der Waals surface area (Å²) in [7, 11) is 5.97. The molecule has 1 fully saturated rings. The Morgan fingerprint density at radius 2 is 1.55 bits per heavy atom. The van der Waals surface area contributed by atoms with Gasteiger partial charge in [-0.3, -0.25) is 9.69 Å². The molecule has 8 heteroatoms. The Hall–Kier alpha value is -3.94.